The number of carbonyl (C=O) groups excluding carboxylic acids is 1. The molecule has 0 aromatic rings. The minimum absolute atomic E-state index is 0.505. The van der Waals surface area contributed by atoms with E-state index in [9.17, 15) is 9.90 Å². The van der Waals surface area contributed by atoms with Crippen LogP contribution in [0, 0.1) is 0 Å². The van der Waals surface area contributed by atoms with Gasteiger partial charge in [-0.15, -0.1) is 0 Å². The smallest absolute Gasteiger partial charge is 0.334 e. The van der Waals surface area contributed by atoms with E-state index in [1.807, 2.05) is 0 Å². The Balaban J connectivity index is 3.14. The van der Waals surface area contributed by atoms with Crippen LogP contribution in [0.4, 0.5) is 0 Å². The molecule has 0 amide bonds. The SMILES string of the molecule is CCCCCCCCC=CCCCCCCCCCCCCCCC(O)C(=O)OC. The minimum atomic E-state index is -0.934. The molecule has 0 fully saturated rings. The summed E-state index contributed by atoms with van der Waals surface area (Å²) in [5.74, 6) is -0.505. The van der Waals surface area contributed by atoms with Crippen molar-refractivity contribution in [1.29, 1.82) is 0 Å². The Labute approximate surface area is 188 Å². The lowest BCUT2D eigenvalue weighted by Crippen LogP contribution is -2.21. The number of aliphatic hydroxyl groups is 1. The molecule has 0 heterocycles. The molecule has 0 aromatic heterocycles. The normalized spacial score (nSPS) is 12.5. The molecule has 1 atom stereocenters. The third-order valence-electron chi connectivity index (χ3n) is 5.96. The van der Waals surface area contributed by atoms with Crippen LogP contribution < -0.4 is 0 Å². The van der Waals surface area contributed by atoms with Crippen molar-refractivity contribution >= 4 is 5.97 Å². The Morgan fingerprint density at radius 3 is 1.43 bits per heavy atom. The van der Waals surface area contributed by atoms with Gasteiger partial charge >= 0.3 is 5.97 Å². The van der Waals surface area contributed by atoms with Crippen LogP contribution in [0.15, 0.2) is 12.2 Å². The molecule has 3 heteroatoms. The second-order valence-electron chi connectivity index (χ2n) is 8.89. The zero-order valence-corrected chi connectivity index (χ0v) is 20.3. The molecule has 1 N–H and O–H groups in total. The minimum Gasteiger partial charge on any atom is -0.467 e. The number of rotatable bonds is 23. The lowest BCUT2D eigenvalue weighted by Gasteiger charge is -2.07. The van der Waals surface area contributed by atoms with Crippen molar-refractivity contribution in [3.63, 3.8) is 0 Å². The largest absolute Gasteiger partial charge is 0.467 e. The van der Waals surface area contributed by atoms with Crippen LogP contribution >= 0.6 is 0 Å². The van der Waals surface area contributed by atoms with Crippen molar-refractivity contribution in [3.8, 4) is 0 Å². The molecular weight excluding hydrogens is 372 g/mol. The van der Waals surface area contributed by atoms with Crippen LogP contribution in [0.5, 0.6) is 0 Å². The zero-order chi connectivity index (χ0) is 22.1. The first-order chi connectivity index (χ1) is 14.7. The quantitative estimate of drug-likeness (QED) is 0.102. The van der Waals surface area contributed by atoms with Gasteiger partial charge in [-0.2, -0.15) is 0 Å². The maximum Gasteiger partial charge on any atom is 0.334 e. The molecule has 0 spiro atoms. The van der Waals surface area contributed by atoms with Crippen LogP contribution in [-0.4, -0.2) is 24.3 Å². The highest BCUT2D eigenvalue weighted by Gasteiger charge is 2.13. The standard InChI is InChI=1S/C27H52O3/c1-3-4-5-6-7-8-9-10-11-12-13-14-15-16-17-18-19-20-21-22-23-24-25-26(28)27(29)30-2/h10-11,26,28H,3-9,12-25H2,1-2H3. The first-order valence-electron chi connectivity index (χ1n) is 13.1. The third-order valence-corrected chi connectivity index (χ3v) is 5.96. The Hall–Kier alpha value is -0.830. The van der Waals surface area contributed by atoms with Gasteiger partial charge in [-0.25, -0.2) is 4.79 Å². The fourth-order valence-electron chi connectivity index (χ4n) is 3.90. The summed E-state index contributed by atoms with van der Waals surface area (Å²) < 4.78 is 4.52. The Morgan fingerprint density at radius 2 is 1.03 bits per heavy atom. The number of carbonyl (C=O) groups is 1. The number of unbranched alkanes of at least 4 members (excludes halogenated alkanes) is 18. The predicted octanol–water partition coefficient (Wildman–Crippen LogP) is 8.29. The fourth-order valence-corrected chi connectivity index (χ4v) is 3.90. The average Bonchev–Trinajstić information content (AvgIpc) is 2.76. The fraction of sp³-hybridized carbons (Fsp3) is 0.889. The molecule has 30 heavy (non-hydrogen) atoms. The third kappa shape index (κ3) is 21.9. The summed E-state index contributed by atoms with van der Waals surface area (Å²) in [6, 6.07) is 0. The van der Waals surface area contributed by atoms with Crippen molar-refractivity contribution in [2.75, 3.05) is 7.11 Å². The molecule has 3 nitrogen and oxygen atoms in total. The number of methoxy groups -OCH3 is 1. The molecule has 0 aliphatic carbocycles. The summed E-state index contributed by atoms with van der Waals surface area (Å²) in [6.45, 7) is 2.28. The first-order valence-corrected chi connectivity index (χ1v) is 13.1. The second kappa shape index (κ2) is 24.4. The van der Waals surface area contributed by atoms with Gasteiger partial charge in [0, 0.05) is 0 Å². The summed E-state index contributed by atoms with van der Waals surface area (Å²) >= 11 is 0. The average molecular weight is 425 g/mol. The van der Waals surface area contributed by atoms with Crippen LogP contribution in [0.1, 0.15) is 142 Å². The van der Waals surface area contributed by atoms with Crippen molar-refractivity contribution in [2.45, 2.75) is 148 Å². The van der Waals surface area contributed by atoms with Crippen molar-refractivity contribution in [1.82, 2.24) is 0 Å². The van der Waals surface area contributed by atoms with Gasteiger partial charge in [0.15, 0.2) is 6.10 Å². The monoisotopic (exact) mass is 424 g/mol. The number of hydrogen-bond acceptors (Lipinski definition) is 3. The summed E-state index contributed by atoms with van der Waals surface area (Å²) in [7, 11) is 1.32. The number of allylic oxidation sites excluding steroid dienone is 2. The Kier molecular flexibility index (Phi) is 23.8. The summed E-state index contributed by atoms with van der Waals surface area (Å²) in [5, 5.41) is 9.51. The number of hydrogen-bond donors (Lipinski definition) is 1. The molecule has 0 rings (SSSR count). The van der Waals surface area contributed by atoms with E-state index in [4.69, 9.17) is 0 Å². The molecular formula is C27H52O3. The lowest BCUT2D eigenvalue weighted by molar-refractivity contribution is -0.150. The van der Waals surface area contributed by atoms with Gasteiger partial charge in [-0.1, -0.05) is 122 Å². The maximum absolute atomic E-state index is 11.1. The number of aliphatic hydroxyl groups excluding tert-OH is 1. The van der Waals surface area contributed by atoms with E-state index in [2.05, 4.69) is 23.8 Å². The highest BCUT2D eigenvalue weighted by Crippen LogP contribution is 2.14. The van der Waals surface area contributed by atoms with Gasteiger partial charge in [0.1, 0.15) is 0 Å². The topological polar surface area (TPSA) is 46.5 Å². The van der Waals surface area contributed by atoms with Gasteiger partial charge in [0.25, 0.3) is 0 Å². The Bertz CT molecular complexity index is 378. The van der Waals surface area contributed by atoms with Crippen LogP contribution in [0.25, 0.3) is 0 Å². The van der Waals surface area contributed by atoms with E-state index in [0.29, 0.717) is 6.42 Å². The van der Waals surface area contributed by atoms with Gasteiger partial charge < -0.3 is 9.84 Å². The van der Waals surface area contributed by atoms with E-state index in [1.54, 1.807) is 0 Å². The summed E-state index contributed by atoms with van der Waals surface area (Å²) in [4.78, 5) is 11.1. The van der Waals surface area contributed by atoms with E-state index >= 15 is 0 Å². The molecule has 0 bridgehead atoms. The van der Waals surface area contributed by atoms with Crippen LogP contribution in [0.2, 0.25) is 0 Å². The highest BCUT2D eigenvalue weighted by molar-refractivity contribution is 5.74. The van der Waals surface area contributed by atoms with Gasteiger partial charge in [-0.3, -0.25) is 0 Å². The zero-order valence-electron chi connectivity index (χ0n) is 20.3. The summed E-state index contributed by atoms with van der Waals surface area (Å²) in [6.07, 6.45) is 30.8. The van der Waals surface area contributed by atoms with Crippen LogP contribution in [-0.2, 0) is 9.53 Å². The van der Waals surface area contributed by atoms with E-state index < -0.39 is 12.1 Å². The molecule has 0 radical (unpaired) electrons. The first kappa shape index (κ1) is 29.2. The van der Waals surface area contributed by atoms with Crippen molar-refractivity contribution < 1.29 is 14.6 Å². The second-order valence-corrected chi connectivity index (χ2v) is 8.89. The lowest BCUT2D eigenvalue weighted by atomic mass is 10.0. The van der Waals surface area contributed by atoms with Gasteiger partial charge in [0.2, 0.25) is 0 Å². The Morgan fingerprint density at radius 1 is 0.667 bits per heavy atom. The van der Waals surface area contributed by atoms with Crippen molar-refractivity contribution in [2.24, 2.45) is 0 Å². The van der Waals surface area contributed by atoms with Crippen LogP contribution in [0.3, 0.4) is 0 Å². The van der Waals surface area contributed by atoms with E-state index in [0.717, 1.165) is 12.8 Å². The molecule has 0 aromatic carbocycles. The molecule has 0 aliphatic rings. The molecule has 0 saturated carbocycles. The van der Waals surface area contributed by atoms with E-state index in [-0.39, 0.29) is 0 Å². The summed E-state index contributed by atoms with van der Waals surface area (Å²) in [5.41, 5.74) is 0. The van der Waals surface area contributed by atoms with Gasteiger partial charge in [-0.05, 0) is 32.1 Å². The number of esters is 1. The highest BCUT2D eigenvalue weighted by atomic mass is 16.5. The molecule has 0 saturated heterocycles. The van der Waals surface area contributed by atoms with E-state index in [1.165, 1.54) is 123 Å². The van der Waals surface area contributed by atoms with Crippen molar-refractivity contribution in [3.05, 3.63) is 12.2 Å². The molecule has 178 valence electrons. The van der Waals surface area contributed by atoms with Gasteiger partial charge in [0.05, 0.1) is 7.11 Å². The molecule has 0 aliphatic heterocycles. The maximum atomic E-state index is 11.1. The number of ether oxygens (including phenoxy) is 1. The predicted molar refractivity (Wildman–Crippen MR) is 130 cm³/mol. The molecule has 1 unspecified atom stereocenters.